The molecule has 0 radical (unpaired) electrons. The lowest BCUT2D eigenvalue weighted by molar-refractivity contribution is 0.0921. The standard InChI is InChI=1S/C14H20N2O3S/c1-11-6-3-4-8-13(11)14(17)15-12-7-5-9-16(10-12)20(2,18)19/h3-4,6,8,12H,5,7,9-10H2,1-2H3,(H,15,17). The summed E-state index contributed by atoms with van der Waals surface area (Å²) >= 11 is 0. The number of amides is 1. The highest BCUT2D eigenvalue weighted by atomic mass is 32.2. The summed E-state index contributed by atoms with van der Waals surface area (Å²) in [5.41, 5.74) is 1.56. The molecule has 0 spiro atoms. The van der Waals surface area contributed by atoms with Gasteiger partial charge in [0.05, 0.1) is 6.26 Å². The molecular formula is C14H20N2O3S. The minimum atomic E-state index is -3.19. The van der Waals surface area contributed by atoms with Crippen LogP contribution in [-0.2, 0) is 10.0 Å². The molecule has 0 aliphatic carbocycles. The Kier molecular flexibility index (Phi) is 4.45. The second-order valence-electron chi connectivity index (χ2n) is 5.25. The quantitative estimate of drug-likeness (QED) is 0.910. The van der Waals surface area contributed by atoms with E-state index in [-0.39, 0.29) is 11.9 Å². The van der Waals surface area contributed by atoms with Crippen LogP contribution in [0.1, 0.15) is 28.8 Å². The van der Waals surface area contributed by atoms with Gasteiger partial charge >= 0.3 is 0 Å². The Morgan fingerprint density at radius 3 is 2.70 bits per heavy atom. The van der Waals surface area contributed by atoms with Gasteiger partial charge in [-0.05, 0) is 31.4 Å². The number of piperidine rings is 1. The molecule has 6 heteroatoms. The van der Waals surface area contributed by atoms with Gasteiger partial charge in [0.2, 0.25) is 10.0 Å². The monoisotopic (exact) mass is 296 g/mol. The molecule has 2 rings (SSSR count). The van der Waals surface area contributed by atoms with E-state index >= 15 is 0 Å². The van der Waals surface area contributed by atoms with E-state index in [0.29, 0.717) is 18.7 Å². The summed E-state index contributed by atoms with van der Waals surface area (Å²) in [6, 6.07) is 7.26. The van der Waals surface area contributed by atoms with Crippen molar-refractivity contribution in [2.24, 2.45) is 0 Å². The molecule has 1 aliphatic heterocycles. The van der Waals surface area contributed by atoms with Crippen LogP contribution in [0.25, 0.3) is 0 Å². The first-order valence-corrected chi connectivity index (χ1v) is 8.54. The number of carbonyl (C=O) groups is 1. The Hall–Kier alpha value is -1.40. The van der Waals surface area contributed by atoms with Crippen molar-refractivity contribution >= 4 is 15.9 Å². The summed E-state index contributed by atoms with van der Waals surface area (Å²) in [6.07, 6.45) is 2.79. The SMILES string of the molecule is Cc1ccccc1C(=O)NC1CCCN(S(C)(=O)=O)C1. The number of hydrogen-bond acceptors (Lipinski definition) is 3. The van der Waals surface area contributed by atoms with E-state index in [1.54, 1.807) is 6.07 Å². The fourth-order valence-corrected chi connectivity index (χ4v) is 3.36. The van der Waals surface area contributed by atoms with E-state index in [0.717, 1.165) is 18.4 Å². The van der Waals surface area contributed by atoms with Crippen molar-refractivity contribution in [2.45, 2.75) is 25.8 Å². The van der Waals surface area contributed by atoms with Gasteiger partial charge in [-0.1, -0.05) is 18.2 Å². The Morgan fingerprint density at radius 1 is 1.35 bits per heavy atom. The molecule has 1 saturated heterocycles. The van der Waals surface area contributed by atoms with E-state index < -0.39 is 10.0 Å². The Labute approximate surface area is 120 Å². The molecule has 1 aromatic rings. The van der Waals surface area contributed by atoms with Crippen LogP contribution in [0.15, 0.2) is 24.3 Å². The third-order valence-corrected chi connectivity index (χ3v) is 4.85. The predicted molar refractivity (Wildman–Crippen MR) is 78.1 cm³/mol. The van der Waals surface area contributed by atoms with Crippen molar-refractivity contribution < 1.29 is 13.2 Å². The first kappa shape index (κ1) is 15.0. The molecular weight excluding hydrogens is 276 g/mol. The molecule has 1 unspecified atom stereocenters. The lowest BCUT2D eigenvalue weighted by Crippen LogP contribution is -2.49. The van der Waals surface area contributed by atoms with Gasteiger partial charge in [-0.25, -0.2) is 12.7 Å². The number of rotatable bonds is 3. The summed E-state index contributed by atoms with van der Waals surface area (Å²) in [5.74, 6) is -0.136. The second-order valence-corrected chi connectivity index (χ2v) is 7.23. The molecule has 0 bridgehead atoms. The van der Waals surface area contributed by atoms with Crippen molar-refractivity contribution in [1.29, 1.82) is 0 Å². The highest BCUT2D eigenvalue weighted by Gasteiger charge is 2.27. The van der Waals surface area contributed by atoms with Crippen LogP contribution in [0.3, 0.4) is 0 Å². The van der Waals surface area contributed by atoms with Crippen molar-refractivity contribution in [1.82, 2.24) is 9.62 Å². The molecule has 1 fully saturated rings. The number of nitrogens with one attached hydrogen (secondary N) is 1. The summed E-state index contributed by atoms with van der Waals surface area (Å²) in [4.78, 5) is 12.2. The smallest absolute Gasteiger partial charge is 0.251 e. The van der Waals surface area contributed by atoms with E-state index in [9.17, 15) is 13.2 Å². The van der Waals surface area contributed by atoms with Crippen molar-refractivity contribution in [2.75, 3.05) is 19.3 Å². The molecule has 20 heavy (non-hydrogen) atoms. The van der Waals surface area contributed by atoms with Gasteiger partial charge < -0.3 is 5.32 Å². The van der Waals surface area contributed by atoms with Crippen LogP contribution < -0.4 is 5.32 Å². The summed E-state index contributed by atoms with van der Waals surface area (Å²) in [6.45, 7) is 2.78. The fourth-order valence-electron chi connectivity index (χ4n) is 2.45. The van der Waals surface area contributed by atoms with Gasteiger partial charge in [0, 0.05) is 24.7 Å². The Morgan fingerprint density at radius 2 is 2.05 bits per heavy atom. The van der Waals surface area contributed by atoms with Gasteiger partial charge in [-0.3, -0.25) is 4.79 Å². The Balaban J connectivity index is 2.03. The maximum absolute atomic E-state index is 12.2. The van der Waals surface area contributed by atoms with E-state index in [2.05, 4.69) is 5.32 Å². The summed E-state index contributed by atoms with van der Waals surface area (Å²) < 4.78 is 24.5. The number of hydrogen-bond donors (Lipinski definition) is 1. The number of benzene rings is 1. The van der Waals surface area contributed by atoms with Crippen LogP contribution in [0.4, 0.5) is 0 Å². The van der Waals surface area contributed by atoms with Crippen LogP contribution in [0, 0.1) is 6.92 Å². The van der Waals surface area contributed by atoms with E-state index in [1.807, 2.05) is 25.1 Å². The predicted octanol–water partition coefficient (Wildman–Crippen LogP) is 1.15. The average molecular weight is 296 g/mol. The van der Waals surface area contributed by atoms with Crippen molar-refractivity contribution in [3.63, 3.8) is 0 Å². The number of sulfonamides is 1. The van der Waals surface area contributed by atoms with Crippen LogP contribution >= 0.6 is 0 Å². The molecule has 0 aromatic heterocycles. The van der Waals surface area contributed by atoms with E-state index in [1.165, 1.54) is 10.6 Å². The molecule has 1 atom stereocenters. The van der Waals surface area contributed by atoms with Gasteiger partial charge in [0.15, 0.2) is 0 Å². The molecule has 110 valence electrons. The van der Waals surface area contributed by atoms with Crippen molar-refractivity contribution in [3.8, 4) is 0 Å². The second kappa shape index (κ2) is 5.93. The summed E-state index contributed by atoms with van der Waals surface area (Å²) in [7, 11) is -3.19. The lowest BCUT2D eigenvalue weighted by Gasteiger charge is -2.31. The van der Waals surface area contributed by atoms with Gasteiger partial charge in [-0.15, -0.1) is 0 Å². The van der Waals surface area contributed by atoms with Crippen LogP contribution in [0.2, 0.25) is 0 Å². The maximum atomic E-state index is 12.2. The first-order valence-electron chi connectivity index (χ1n) is 6.69. The van der Waals surface area contributed by atoms with Gasteiger partial charge in [0.1, 0.15) is 0 Å². The molecule has 0 saturated carbocycles. The maximum Gasteiger partial charge on any atom is 0.251 e. The number of aryl methyl sites for hydroxylation is 1. The molecule has 1 N–H and O–H groups in total. The first-order chi connectivity index (χ1) is 9.38. The third kappa shape index (κ3) is 3.58. The van der Waals surface area contributed by atoms with Gasteiger partial charge in [-0.2, -0.15) is 0 Å². The molecule has 1 aliphatic rings. The lowest BCUT2D eigenvalue weighted by atomic mass is 10.1. The summed E-state index contributed by atoms with van der Waals surface area (Å²) in [5, 5.41) is 2.93. The van der Waals surface area contributed by atoms with Gasteiger partial charge in [0.25, 0.3) is 5.91 Å². The Bertz CT molecular complexity index is 598. The topological polar surface area (TPSA) is 66.5 Å². The molecule has 1 aromatic carbocycles. The normalized spacial score (nSPS) is 20.6. The van der Waals surface area contributed by atoms with Crippen LogP contribution in [-0.4, -0.2) is 44.0 Å². The zero-order chi connectivity index (χ0) is 14.8. The van der Waals surface area contributed by atoms with Crippen LogP contribution in [0.5, 0.6) is 0 Å². The zero-order valence-corrected chi connectivity index (χ0v) is 12.6. The molecule has 5 nitrogen and oxygen atoms in total. The minimum absolute atomic E-state index is 0.120. The number of nitrogens with zero attached hydrogens (tertiary/aromatic N) is 1. The highest BCUT2D eigenvalue weighted by molar-refractivity contribution is 7.88. The minimum Gasteiger partial charge on any atom is -0.348 e. The largest absolute Gasteiger partial charge is 0.348 e. The fraction of sp³-hybridized carbons (Fsp3) is 0.500. The average Bonchev–Trinajstić information content (AvgIpc) is 2.38. The number of carbonyl (C=O) groups excluding carboxylic acids is 1. The third-order valence-electron chi connectivity index (χ3n) is 3.58. The molecule has 1 amide bonds. The molecule has 1 heterocycles. The highest BCUT2D eigenvalue weighted by Crippen LogP contribution is 2.14. The van der Waals surface area contributed by atoms with E-state index in [4.69, 9.17) is 0 Å². The van der Waals surface area contributed by atoms with Crippen molar-refractivity contribution in [3.05, 3.63) is 35.4 Å². The zero-order valence-electron chi connectivity index (χ0n) is 11.8.